The standard InChI is InChI=1S/C10H16O2/c1-11-9-3-6-10(12-2,7-4-9)8-5-9/h3,6H,4-5,7-8H2,1-2H3. The van der Waals surface area contributed by atoms with Gasteiger partial charge in [0.15, 0.2) is 0 Å². The van der Waals surface area contributed by atoms with Crippen LogP contribution in [0.15, 0.2) is 12.2 Å². The number of rotatable bonds is 2. The number of methoxy groups -OCH3 is 2. The Labute approximate surface area is 73.5 Å². The highest BCUT2D eigenvalue weighted by molar-refractivity contribution is 5.21. The maximum atomic E-state index is 5.51. The van der Waals surface area contributed by atoms with E-state index in [0.717, 1.165) is 25.7 Å². The van der Waals surface area contributed by atoms with Crippen LogP contribution in [0.25, 0.3) is 0 Å². The lowest BCUT2D eigenvalue weighted by atomic mass is 9.70. The molecule has 2 nitrogen and oxygen atoms in total. The molecule has 0 N–H and O–H groups in total. The summed E-state index contributed by atoms with van der Waals surface area (Å²) < 4.78 is 11.0. The molecule has 0 aromatic heterocycles. The maximum absolute atomic E-state index is 5.51. The Morgan fingerprint density at radius 1 is 0.833 bits per heavy atom. The zero-order chi connectivity index (χ0) is 8.66. The molecule has 0 spiro atoms. The fourth-order valence-electron chi connectivity index (χ4n) is 2.28. The molecule has 0 unspecified atom stereocenters. The van der Waals surface area contributed by atoms with Crippen molar-refractivity contribution < 1.29 is 9.47 Å². The van der Waals surface area contributed by atoms with E-state index < -0.39 is 0 Å². The molecule has 68 valence electrons. The normalized spacial score (nSPS) is 45.2. The molecule has 0 aliphatic heterocycles. The van der Waals surface area contributed by atoms with Gasteiger partial charge in [-0.1, -0.05) is 12.2 Å². The van der Waals surface area contributed by atoms with Crippen molar-refractivity contribution in [3.05, 3.63) is 12.2 Å². The summed E-state index contributed by atoms with van der Waals surface area (Å²) in [4.78, 5) is 0. The van der Waals surface area contributed by atoms with E-state index in [4.69, 9.17) is 9.47 Å². The van der Waals surface area contributed by atoms with Crippen molar-refractivity contribution in [2.45, 2.75) is 36.9 Å². The Bertz CT molecular complexity index is 178. The summed E-state index contributed by atoms with van der Waals surface area (Å²) in [6.45, 7) is 0. The molecule has 2 bridgehead atoms. The average Bonchev–Trinajstić information content (AvgIpc) is 2.21. The molecule has 0 amide bonds. The van der Waals surface area contributed by atoms with Gasteiger partial charge in [-0.05, 0) is 25.7 Å². The molecule has 0 radical (unpaired) electrons. The van der Waals surface area contributed by atoms with Crippen LogP contribution in [-0.2, 0) is 9.47 Å². The van der Waals surface area contributed by atoms with Gasteiger partial charge in [0, 0.05) is 14.2 Å². The number of ether oxygens (including phenoxy) is 2. The van der Waals surface area contributed by atoms with Gasteiger partial charge in [-0.2, -0.15) is 0 Å². The van der Waals surface area contributed by atoms with Gasteiger partial charge in [0.25, 0.3) is 0 Å². The molecule has 0 atom stereocenters. The fourth-order valence-corrected chi connectivity index (χ4v) is 2.28. The van der Waals surface area contributed by atoms with Crippen LogP contribution in [0.3, 0.4) is 0 Å². The molecular weight excluding hydrogens is 152 g/mol. The van der Waals surface area contributed by atoms with Gasteiger partial charge in [-0.25, -0.2) is 0 Å². The summed E-state index contributed by atoms with van der Waals surface area (Å²) >= 11 is 0. The predicted molar refractivity (Wildman–Crippen MR) is 47.1 cm³/mol. The monoisotopic (exact) mass is 168 g/mol. The molecule has 3 aliphatic rings. The minimum atomic E-state index is 0.0419. The third-order valence-electron chi connectivity index (χ3n) is 3.45. The van der Waals surface area contributed by atoms with Crippen LogP contribution in [0.2, 0.25) is 0 Å². The van der Waals surface area contributed by atoms with E-state index in [-0.39, 0.29) is 11.2 Å². The summed E-state index contributed by atoms with van der Waals surface area (Å²) in [6.07, 6.45) is 8.79. The first-order valence-corrected chi connectivity index (χ1v) is 4.55. The van der Waals surface area contributed by atoms with Crippen molar-refractivity contribution >= 4 is 0 Å². The average molecular weight is 168 g/mol. The summed E-state index contributed by atoms with van der Waals surface area (Å²) in [5.41, 5.74) is 0.0839. The quantitative estimate of drug-likeness (QED) is 0.586. The van der Waals surface area contributed by atoms with Crippen molar-refractivity contribution in [2.24, 2.45) is 0 Å². The summed E-state index contributed by atoms with van der Waals surface area (Å²) in [5.74, 6) is 0. The third kappa shape index (κ3) is 1.02. The highest BCUT2D eigenvalue weighted by Gasteiger charge is 2.44. The van der Waals surface area contributed by atoms with Gasteiger partial charge >= 0.3 is 0 Å². The van der Waals surface area contributed by atoms with Gasteiger partial charge in [0.05, 0.1) is 11.2 Å². The molecule has 3 rings (SSSR count). The van der Waals surface area contributed by atoms with E-state index in [2.05, 4.69) is 12.2 Å². The summed E-state index contributed by atoms with van der Waals surface area (Å²) in [7, 11) is 3.60. The molecule has 1 saturated carbocycles. The van der Waals surface area contributed by atoms with E-state index in [1.807, 2.05) is 0 Å². The highest BCUT2D eigenvalue weighted by Crippen LogP contribution is 2.45. The summed E-state index contributed by atoms with van der Waals surface area (Å²) in [6, 6.07) is 0. The number of hydrogen-bond acceptors (Lipinski definition) is 2. The van der Waals surface area contributed by atoms with E-state index in [1.54, 1.807) is 14.2 Å². The van der Waals surface area contributed by atoms with Gasteiger partial charge in [0.2, 0.25) is 0 Å². The molecule has 1 fully saturated rings. The van der Waals surface area contributed by atoms with E-state index in [0.29, 0.717) is 0 Å². The first-order chi connectivity index (χ1) is 5.74. The highest BCUT2D eigenvalue weighted by atomic mass is 16.5. The second kappa shape index (κ2) is 2.57. The molecule has 0 aromatic rings. The van der Waals surface area contributed by atoms with Crippen molar-refractivity contribution in [3.8, 4) is 0 Å². The third-order valence-corrected chi connectivity index (χ3v) is 3.45. The van der Waals surface area contributed by atoms with Crippen LogP contribution >= 0.6 is 0 Å². The molecule has 12 heavy (non-hydrogen) atoms. The SMILES string of the molecule is COC12C=CC(OC)(CC1)CC2. The maximum Gasteiger partial charge on any atom is 0.0862 e. The van der Waals surface area contributed by atoms with Crippen molar-refractivity contribution in [1.82, 2.24) is 0 Å². The van der Waals surface area contributed by atoms with Crippen LogP contribution < -0.4 is 0 Å². The first kappa shape index (κ1) is 8.27. The Balaban J connectivity index is 2.23. The Morgan fingerprint density at radius 2 is 1.17 bits per heavy atom. The lowest BCUT2D eigenvalue weighted by molar-refractivity contribution is -0.0873. The van der Waals surface area contributed by atoms with Crippen LogP contribution in [0.5, 0.6) is 0 Å². The van der Waals surface area contributed by atoms with E-state index in [9.17, 15) is 0 Å². The van der Waals surface area contributed by atoms with Crippen molar-refractivity contribution in [3.63, 3.8) is 0 Å². The fraction of sp³-hybridized carbons (Fsp3) is 0.800. The predicted octanol–water partition coefficient (Wildman–Crippen LogP) is 1.90. The van der Waals surface area contributed by atoms with Crippen LogP contribution in [0.4, 0.5) is 0 Å². The molecule has 2 heteroatoms. The van der Waals surface area contributed by atoms with Crippen molar-refractivity contribution in [1.29, 1.82) is 0 Å². The van der Waals surface area contributed by atoms with Gasteiger partial charge < -0.3 is 9.47 Å². The van der Waals surface area contributed by atoms with Gasteiger partial charge in [0.1, 0.15) is 0 Å². The Kier molecular flexibility index (Phi) is 1.77. The van der Waals surface area contributed by atoms with Crippen LogP contribution in [0, 0.1) is 0 Å². The Morgan fingerprint density at radius 3 is 1.33 bits per heavy atom. The first-order valence-electron chi connectivity index (χ1n) is 4.55. The molecule has 0 saturated heterocycles. The van der Waals surface area contributed by atoms with Gasteiger partial charge in [-0.15, -0.1) is 0 Å². The second-order valence-corrected chi connectivity index (χ2v) is 3.87. The zero-order valence-electron chi connectivity index (χ0n) is 7.80. The zero-order valence-corrected chi connectivity index (χ0v) is 7.80. The Hall–Kier alpha value is -0.340. The van der Waals surface area contributed by atoms with Crippen LogP contribution in [-0.4, -0.2) is 25.4 Å². The van der Waals surface area contributed by atoms with Crippen LogP contribution in [0.1, 0.15) is 25.7 Å². The minimum absolute atomic E-state index is 0.0419. The number of fused-ring (bicyclic) bond motifs is 2. The summed E-state index contributed by atoms with van der Waals surface area (Å²) in [5, 5.41) is 0. The second-order valence-electron chi connectivity index (χ2n) is 3.87. The number of hydrogen-bond donors (Lipinski definition) is 0. The van der Waals surface area contributed by atoms with E-state index in [1.165, 1.54) is 0 Å². The largest absolute Gasteiger partial charge is 0.374 e. The molecule has 0 heterocycles. The smallest absolute Gasteiger partial charge is 0.0862 e. The molecule has 0 aromatic carbocycles. The lowest BCUT2D eigenvalue weighted by Gasteiger charge is -2.47. The molecular formula is C10H16O2. The van der Waals surface area contributed by atoms with Gasteiger partial charge in [-0.3, -0.25) is 0 Å². The lowest BCUT2D eigenvalue weighted by Crippen LogP contribution is -2.47. The molecule has 3 aliphatic carbocycles. The van der Waals surface area contributed by atoms with Crippen molar-refractivity contribution in [2.75, 3.05) is 14.2 Å². The van der Waals surface area contributed by atoms with E-state index >= 15 is 0 Å². The topological polar surface area (TPSA) is 18.5 Å². The minimum Gasteiger partial charge on any atom is -0.374 e.